The van der Waals surface area contributed by atoms with Gasteiger partial charge in [0.2, 0.25) is 24.1 Å². The number of aliphatic imine (C=N–C) groups is 1. The number of aliphatic hydroxyl groups excluding tert-OH is 4. The molecule has 1 fully saturated rings. The van der Waals surface area contributed by atoms with Crippen LogP contribution in [0.3, 0.4) is 0 Å². The van der Waals surface area contributed by atoms with Gasteiger partial charge in [-0.3, -0.25) is 4.99 Å². The predicted octanol–water partition coefficient (Wildman–Crippen LogP) is 1.89. The van der Waals surface area contributed by atoms with Crippen molar-refractivity contribution in [2.45, 2.75) is 83.1 Å². The van der Waals surface area contributed by atoms with Crippen LogP contribution >= 0.6 is 0 Å². The molecular weight excluding hydrogens is 764 g/mol. The Bertz CT molecular complexity index is 1880. The number of aliphatic hydroxyl groups is 4. The Morgan fingerprint density at radius 1 is 0.914 bits per heavy atom. The minimum atomic E-state index is -2.37. The number of nitrogens with two attached hydrogens (primary N) is 1. The molecule has 1 aliphatic rings. The fraction of sp³-hybridized carbons (Fsp3) is 0.462. The number of esters is 1. The second kappa shape index (κ2) is 20.6. The lowest BCUT2D eigenvalue weighted by Gasteiger charge is -2.41. The predicted molar refractivity (Wildman–Crippen MR) is 207 cm³/mol. The highest BCUT2D eigenvalue weighted by molar-refractivity contribution is 5.96. The second-order valence-corrected chi connectivity index (χ2v) is 13.8. The molecule has 3 aromatic carbocycles. The van der Waals surface area contributed by atoms with Gasteiger partial charge in [-0.05, 0) is 31.2 Å². The number of aromatic carboxylic acids is 1. The number of carboxylic acid groups (broad SMARTS) is 1. The van der Waals surface area contributed by atoms with Crippen LogP contribution in [-0.2, 0) is 15.9 Å². The molecule has 58 heavy (non-hydrogen) atoms. The molecule has 4 rings (SSSR count). The Morgan fingerprint density at radius 2 is 1.60 bits per heavy atom. The Kier molecular flexibility index (Phi) is 16.0. The fourth-order valence-corrected chi connectivity index (χ4v) is 5.80. The molecule has 19 heteroatoms. The third-order valence-electron chi connectivity index (χ3n) is 9.09. The van der Waals surface area contributed by atoms with E-state index in [9.17, 15) is 45.3 Å². The smallest absolute Gasteiger partial charge is 0.344 e. The Morgan fingerprint density at radius 3 is 2.24 bits per heavy atom. The van der Waals surface area contributed by atoms with E-state index in [1.54, 1.807) is 0 Å². The minimum absolute atomic E-state index is 0.00131. The van der Waals surface area contributed by atoms with Gasteiger partial charge in [-0.2, -0.15) is 0 Å². The van der Waals surface area contributed by atoms with Crippen LogP contribution in [0.4, 0.5) is 5.69 Å². The number of carbonyl (C=O) groups excluding carboxylic acids is 1. The maximum absolute atomic E-state index is 13.4. The van der Waals surface area contributed by atoms with Gasteiger partial charge in [0, 0.05) is 37.7 Å². The number of anilines is 1. The van der Waals surface area contributed by atoms with E-state index in [-0.39, 0.29) is 53.8 Å². The van der Waals surface area contributed by atoms with Crippen LogP contribution in [0.1, 0.15) is 59.9 Å². The molecule has 0 aromatic heterocycles. The van der Waals surface area contributed by atoms with Crippen molar-refractivity contribution in [3.63, 3.8) is 0 Å². The molecule has 11 N–H and O–H groups in total. The van der Waals surface area contributed by atoms with Gasteiger partial charge in [0.05, 0.1) is 25.0 Å². The van der Waals surface area contributed by atoms with E-state index in [0.717, 1.165) is 24.1 Å². The summed E-state index contributed by atoms with van der Waals surface area (Å²) in [5, 5.41) is 81.2. The SMILES string of the molecule is CN=C(N)NCOc1cc(C(=O)O)c(NC(C)CCC(C)C)cc1OC1OC(C(O)OC(=O)c2cc(OC)c(O)c(OCCc3ccccc3)c2O)C(O)C(O)C1O. The van der Waals surface area contributed by atoms with Crippen LogP contribution in [-0.4, -0.2) is 124 Å². The van der Waals surface area contributed by atoms with Crippen LogP contribution in [0.2, 0.25) is 0 Å². The number of rotatable bonds is 19. The summed E-state index contributed by atoms with van der Waals surface area (Å²) in [6, 6.07) is 12.3. The standard InChI is InChI=1S/C39H52N4O15/c1-19(2)11-12-20(3)43-24-17-26(25(15-22(24)35(49)50)55-18-42-39(40)41-4)56-38-32(48)30(46)31(47)34(57-38)37(52)58-36(51)23-16-27(53-5)29(45)33(28(23)44)54-14-13-21-9-7-6-8-10-21/h6-10,15-17,19-20,30-32,34,37-38,43-48,52H,11-14,18H2,1-5H3,(H,49,50)(H3,40,41,42). The van der Waals surface area contributed by atoms with Crippen molar-refractivity contribution in [3.8, 4) is 34.5 Å². The Balaban J connectivity index is 1.59. The van der Waals surface area contributed by atoms with Crippen molar-refractivity contribution in [2.24, 2.45) is 16.6 Å². The number of hydrogen-bond donors (Lipinski definition) is 10. The quantitative estimate of drug-likeness (QED) is 0.0358. The summed E-state index contributed by atoms with van der Waals surface area (Å²) in [6.45, 7) is 5.62. The van der Waals surface area contributed by atoms with Gasteiger partial charge in [-0.25, -0.2) is 9.59 Å². The zero-order chi connectivity index (χ0) is 42.7. The van der Waals surface area contributed by atoms with Gasteiger partial charge in [0.25, 0.3) is 0 Å². The molecule has 7 unspecified atom stereocenters. The van der Waals surface area contributed by atoms with E-state index in [0.29, 0.717) is 18.8 Å². The first-order chi connectivity index (χ1) is 27.6. The molecule has 3 aromatic rings. The van der Waals surface area contributed by atoms with E-state index in [1.165, 1.54) is 20.2 Å². The van der Waals surface area contributed by atoms with Crippen LogP contribution < -0.4 is 35.3 Å². The van der Waals surface area contributed by atoms with E-state index >= 15 is 0 Å². The first kappa shape index (κ1) is 45.0. The monoisotopic (exact) mass is 816 g/mol. The third-order valence-corrected chi connectivity index (χ3v) is 9.09. The van der Waals surface area contributed by atoms with E-state index in [1.807, 2.05) is 37.3 Å². The molecule has 1 aliphatic heterocycles. The second-order valence-electron chi connectivity index (χ2n) is 13.8. The van der Waals surface area contributed by atoms with E-state index in [4.69, 9.17) is 34.2 Å². The molecule has 0 saturated carbocycles. The number of hydrogen-bond acceptors (Lipinski definition) is 16. The number of aromatic hydroxyl groups is 2. The summed E-state index contributed by atoms with van der Waals surface area (Å²) in [7, 11) is 2.61. The van der Waals surface area contributed by atoms with Crippen molar-refractivity contribution in [2.75, 3.05) is 32.8 Å². The number of phenolic OH excluding ortho intramolecular Hbond substituents is 2. The molecule has 0 aliphatic carbocycles. The summed E-state index contributed by atoms with van der Waals surface area (Å²) in [6.07, 6.45) is -10.5. The van der Waals surface area contributed by atoms with E-state index in [2.05, 4.69) is 29.5 Å². The molecule has 1 heterocycles. The maximum atomic E-state index is 13.4. The van der Waals surface area contributed by atoms with Crippen LogP contribution in [0, 0.1) is 5.92 Å². The summed E-state index contributed by atoms with van der Waals surface area (Å²) >= 11 is 0. The van der Waals surface area contributed by atoms with Crippen LogP contribution in [0.5, 0.6) is 34.5 Å². The average molecular weight is 817 g/mol. The van der Waals surface area contributed by atoms with E-state index < -0.39 is 71.7 Å². The average Bonchev–Trinajstić information content (AvgIpc) is 3.19. The Hall–Kier alpha value is -5.73. The molecule has 7 atom stereocenters. The zero-order valence-corrected chi connectivity index (χ0v) is 32.7. The number of carboxylic acids is 1. The van der Waals surface area contributed by atoms with Crippen molar-refractivity contribution in [1.29, 1.82) is 0 Å². The number of benzene rings is 3. The largest absolute Gasteiger partial charge is 0.504 e. The molecule has 318 valence electrons. The van der Waals surface area contributed by atoms with Crippen molar-refractivity contribution in [1.82, 2.24) is 5.32 Å². The highest BCUT2D eigenvalue weighted by Gasteiger charge is 2.49. The van der Waals surface area contributed by atoms with Crippen molar-refractivity contribution >= 4 is 23.6 Å². The van der Waals surface area contributed by atoms with Gasteiger partial charge < -0.3 is 80.5 Å². The lowest BCUT2D eigenvalue weighted by molar-refractivity contribution is -0.309. The lowest BCUT2D eigenvalue weighted by atomic mass is 9.98. The van der Waals surface area contributed by atoms with Gasteiger partial charge in [-0.15, -0.1) is 0 Å². The first-order valence-electron chi connectivity index (χ1n) is 18.4. The summed E-state index contributed by atoms with van der Waals surface area (Å²) in [5.41, 5.74) is 5.87. The molecule has 0 amide bonds. The van der Waals surface area contributed by atoms with Crippen molar-refractivity contribution in [3.05, 3.63) is 65.2 Å². The molecule has 0 spiro atoms. The topological polar surface area (TPSA) is 294 Å². The highest BCUT2D eigenvalue weighted by atomic mass is 16.7. The lowest BCUT2D eigenvalue weighted by Crippen LogP contribution is -2.62. The first-order valence-corrected chi connectivity index (χ1v) is 18.4. The Labute approximate surface area is 334 Å². The van der Waals surface area contributed by atoms with Crippen LogP contribution in [0.25, 0.3) is 0 Å². The van der Waals surface area contributed by atoms with Gasteiger partial charge in [0.1, 0.15) is 23.9 Å². The number of ether oxygens (including phenoxy) is 6. The molecular formula is C39H52N4O15. The number of nitrogens with zero attached hydrogens (tertiary/aromatic N) is 1. The summed E-state index contributed by atoms with van der Waals surface area (Å²) < 4.78 is 33.2. The van der Waals surface area contributed by atoms with Crippen LogP contribution in [0.15, 0.2) is 53.5 Å². The minimum Gasteiger partial charge on any atom is -0.504 e. The maximum Gasteiger partial charge on any atom is 0.344 e. The molecule has 0 radical (unpaired) electrons. The van der Waals surface area contributed by atoms with Gasteiger partial charge in [0.15, 0.2) is 41.8 Å². The number of phenols is 2. The number of carbonyl (C=O) groups is 2. The van der Waals surface area contributed by atoms with Gasteiger partial charge >= 0.3 is 11.9 Å². The zero-order valence-electron chi connectivity index (χ0n) is 32.7. The van der Waals surface area contributed by atoms with Gasteiger partial charge in [-0.1, -0.05) is 44.2 Å². The normalized spacial score (nSPS) is 20.4. The number of methoxy groups -OCH3 is 1. The summed E-state index contributed by atoms with van der Waals surface area (Å²) in [5.74, 6) is -4.98. The van der Waals surface area contributed by atoms with Crippen molar-refractivity contribution < 1.29 is 73.8 Å². The number of guanidine groups is 1. The summed E-state index contributed by atoms with van der Waals surface area (Å²) in [4.78, 5) is 29.5. The molecule has 1 saturated heterocycles. The third kappa shape index (κ3) is 11.4. The highest BCUT2D eigenvalue weighted by Crippen LogP contribution is 2.46. The number of nitrogens with one attached hydrogen (secondary N) is 2. The molecule has 19 nitrogen and oxygen atoms in total. The fourth-order valence-electron chi connectivity index (χ4n) is 5.80. The molecule has 0 bridgehead atoms.